The molecule has 6 nitrogen and oxygen atoms in total. The molecule has 1 aliphatic heterocycles. The molecule has 1 aromatic carbocycles. The van der Waals surface area contributed by atoms with E-state index in [1.807, 2.05) is 0 Å². The quantitative estimate of drug-likeness (QED) is 0.886. The molecular formula is C16H17NO5. The van der Waals surface area contributed by atoms with Gasteiger partial charge in [0.15, 0.2) is 0 Å². The average molecular weight is 303 g/mol. The van der Waals surface area contributed by atoms with Gasteiger partial charge in [0.05, 0.1) is 11.0 Å². The lowest BCUT2D eigenvalue weighted by Gasteiger charge is -2.23. The number of benzene rings is 1. The number of likely N-dealkylation sites (tertiary alicyclic amines) is 1. The molecule has 2 atom stereocenters. The van der Waals surface area contributed by atoms with E-state index in [4.69, 9.17) is 5.11 Å². The van der Waals surface area contributed by atoms with Gasteiger partial charge in [0.2, 0.25) is 0 Å². The third-order valence-electron chi connectivity index (χ3n) is 4.96. The lowest BCUT2D eigenvalue weighted by Crippen LogP contribution is -2.37. The van der Waals surface area contributed by atoms with Crippen molar-refractivity contribution in [3.63, 3.8) is 0 Å². The normalized spacial score (nSPS) is 26.7. The molecule has 6 heteroatoms. The van der Waals surface area contributed by atoms with E-state index in [9.17, 15) is 19.5 Å². The van der Waals surface area contributed by atoms with Gasteiger partial charge in [-0.05, 0) is 43.0 Å². The van der Waals surface area contributed by atoms with Gasteiger partial charge in [-0.15, -0.1) is 0 Å². The van der Waals surface area contributed by atoms with Gasteiger partial charge in [0.25, 0.3) is 5.91 Å². The number of aromatic carboxylic acids is 1. The van der Waals surface area contributed by atoms with E-state index in [1.54, 1.807) is 4.90 Å². The Kier molecular flexibility index (Phi) is 3.39. The summed E-state index contributed by atoms with van der Waals surface area (Å²) in [6, 6.07) is 5.74. The number of carboxylic acid groups (broad SMARTS) is 2. The van der Waals surface area contributed by atoms with Crippen molar-refractivity contribution in [3.05, 3.63) is 35.4 Å². The highest BCUT2D eigenvalue weighted by atomic mass is 16.4. The van der Waals surface area contributed by atoms with Gasteiger partial charge >= 0.3 is 11.9 Å². The molecular weight excluding hydrogens is 286 g/mol. The van der Waals surface area contributed by atoms with Gasteiger partial charge in [-0.25, -0.2) is 4.79 Å². The molecule has 2 fully saturated rings. The Morgan fingerprint density at radius 3 is 2.27 bits per heavy atom. The second-order valence-electron chi connectivity index (χ2n) is 6.12. The van der Waals surface area contributed by atoms with Crippen molar-refractivity contribution in [2.24, 2.45) is 11.3 Å². The number of carbonyl (C=O) groups excluding carboxylic acids is 1. The van der Waals surface area contributed by atoms with E-state index in [2.05, 4.69) is 0 Å². The number of aliphatic carboxylic acids is 1. The molecule has 116 valence electrons. The molecule has 1 saturated heterocycles. The summed E-state index contributed by atoms with van der Waals surface area (Å²) in [5.74, 6) is -2.06. The molecule has 0 bridgehead atoms. The lowest BCUT2D eigenvalue weighted by molar-refractivity contribution is -0.149. The molecule has 1 amide bonds. The maximum Gasteiger partial charge on any atom is 0.335 e. The van der Waals surface area contributed by atoms with Crippen LogP contribution in [0.2, 0.25) is 0 Å². The fraction of sp³-hybridized carbons (Fsp3) is 0.438. The van der Waals surface area contributed by atoms with Crippen LogP contribution < -0.4 is 0 Å². The summed E-state index contributed by atoms with van der Waals surface area (Å²) in [5.41, 5.74) is -0.279. The first-order valence-corrected chi connectivity index (χ1v) is 7.30. The van der Waals surface area contributed by atoms with Crippen LogP contribution >= 0.6 is 0 Å². The molecule has 0 unspecified atom stereocenters. The van der Waals surface area contributed by atoms with Crippen LogP contribution in [0.5, 0.6) is 0 Å². The van der Waals surface area contributed by atoms with Gasteiger partial charge in [-0.3, -0.25) is 9.59 Å². The first-order valence-electron chi connectivity index (χ1n) is 7.30. The van der Waals surface area contributed by atoms with Gasteiger partial charge in [-0.2, -0.15) is 0 Å². The molecule has 2 aliphatic rings. The minimum absolute atomic E-state index is 0.0206. The highest BCUT2D eigenvalue weighted by Gasteiger charge is 2.55. The molecule has 2 N–H and O–H groups in total. The van der Waals surface area contributed by atoms with Crippen molar-refractivity contribution in [2.45, 2.75) is 19.3 Å². The van der Waals surface area contributed by atoms with Crippen LogP contribution in [0.1, 0.15) is 40.0 Å². The maximum absolute atomic E-state index is 12.5. The maximum atomic E-state index is 12.5. The minimum Gasteiger partial charge on any atom is -0.481 e. The predicted octanol–water partition coefficient (Wildman–Crippen LogP) is 1.71. The van der Waals surface area contributed by atoms with E-state index in [0.29, 0.717) is 18.5 Å². The summed E-state index contributed by atoms with van der Waals surface area (Å²) in [6.45, 7) is 0.707. The summed E-state index contributed by atoms with van der Waals surface area (Å²) in [6.07, 6.45) is 2.36. The van der Waals surface area contributed by atoms with Crippen LogP contribution in [0.15, 0.2) is 24.3 Å². The predicted molar refractivity (Wildman–Crippen MR) is 76.7 cm³/mol. The topological polar surface area (TPSA) is 94.9 Å². The van der Waals surface area contributed by atoms with Crippen LogP contribution in [0.4, 0.5) is 0 Å². The van der Waals surface area contributed by atoms with Crippen molar-refractivity contribution < 1.29 is 24.6 Å². The van der Waals surface area contributed by atoms with Crippen LogP contribution in [-0.4, -0.2) is 46.0 Å². The fourth-order valence-electron chi connectivity index (χ4n) is 3.73. The standard InChI is InChI=1S/C16H17NO5/c18-13(10-3-5-11(6-4-10)14(19)20)17-8-12-2-1-7-16(12,9-17)15(21)22/h3-6,12H,1-2,7-9H2,(H,19,20)(H,21,22)/t12-,16+/m0/s1. The van der Waals surface area contributed by atoms with E-state index in [-0.39, 0.29) is 23.9 Å². The summed E-state index contributed by atoms with van der Waals surface area (Å²) in [4.78, 5) is 36.6. The Morgan fingerprint density at radius 1 is 1.09 bits per heavy atom. The molecule has 22 heavy (non-hydrogen) atoms. The van der Waals surface area contributed by atoms with Crippen LogP contribution in [-0.2, 0) is 4.79 Å². The third-order valence-corrected chi connectivity index (χ3v) is 4.96. The SMILES string of the molecule is O=C(O)c1ccc(C(=O)N2C[C@@H]3CCC[C@@]3(C(=O)O)C2)cc1. The number of rotatable bonds is 3. The van der Waals surface area contributed by atoms with Crippen LogP contribution in [0.3, 0.4) is 0 Å². The largest absolute Gasteiger partial charge is 0.481 e. The van der Waals surface area contributed by atoms with E-state index >= 15 is 0 Å². The zero-order valence-corrected chi connectivity index (χ0v) is 12.0. The second kappa shape index (κ2) is 5.12. The molecule has 1 aliphatic carbocycles. The zero-order chi connectivity index (χ0) is 15.9. The molecule has 0 spiro atoms. The highest BCUT2D eigenvalue weighted by Crippen LogP contribution is 2.49. The van der Waals surface area contributed by atoms with Gasteiger partial charge in [-0.1, -0.05) is 6.42 Å². The van der Waals surface area contributed by atoms with Crippen molar-refractivity contribution in [2.75, 3.05) is 13.1 Å². The van der Waals surface area contributed by atoms with Gasteiger partial charge in [0.1, 0.15) is 0 Å². The number of amides is 1. The molecule has 3 rings (SSSR count). The zero-order valence-electron chi connectivity index (χ0n) is 12.0. The number of nitrogens with zero attached hydrogens (tertiary/aromatic N) is 1. The Bertz CT molecular complexity index is 638. The lowest BCUT2D eigenvalue weighted by atomic mass is 9.81. The Hall–Kier alpha value is -2.37. The van der Waals surface area contributed by atoms with Gasteiger partial charge in [0, 0.05) is 18.7 Å². The number of carbonyl (C=O) groups is 3. The summed E-state index contributed by atoms with van der Waals surface area (Å²) < 4.78 is 0. The number of hydrogen-bond acceptors (Lipinski definition) is 3. The Labute approximate surface area is 127 Å². The second-order valence-corrected chi connectivity index (χ2v) is 6.12. The van der Waals surface area contributed by atoms with Crippen molar-refractivity contribution in [1.29, 1.82) is 0 Å². The van der Waals surface area contributed by atoms with Crippen LogP contribution in [0.25, 0.3) is 0 Å². The smallest absolute Gasteiger partial charge is 0.335 e. The molecule has 1 aromatic rings. The molecule has 0 aromatic heterocycles. The van der Waals surface area contributed by atoms with Gasteiger partial charge < -0.3 is 15.1 Å². The average Bonchev–Trinajstić information content (AvgIpc) is 3.04. The number of carboxylic acids is 2. The number of hydrogen-bond donors (Lipinski definition) is 2. The summed E-state index contributed by atoms with van der Waals surface area (Å²) in [5, 5.41) is 18.4. The fourth-order valence-corrected chi connectivity index (χ4v) is 3.73. The number of fused-ring (bicyclic) bond motifs is 1. The van der Waals surface area contributed by atoms with E-state index < -0.39 is 17.4 Å². The third kappa shape index (κ3) is 2.15. The highest BCUT2D eigenvalue weighted by molar-refractivity contribution is 5.96. The van der Waals surface area contributed by atoms with Crippen molar-refractivity contribution >= 4 is 17.8 Å². The van der Waals surface area contributed by atoms with Crippen LogP contribution in [0, 0.1) is 11.3 Å². The first-order chi connectivity index (χ1) is 10.4. The van der Waals surface area contributed by atoms with Crippen molar-refractivity contribution in [1.82, 2.24) is 4.90 Å². The van der Waals surface area contributed by atoms with Crippen molar-refractivity contribution in [3.8, 4) is 0 Å². The monoisotopic (exact) mass is 303 g/mol. The Morgan fingerprint density at radius 2 is 1.73 bits per heavy atom. The Balaban J connectivity index is 1.79. The minimum atomic E-state index is -1.04. The molecule has 1 heterocycles. The molecule has 1 saturated carbocycles. The van der Waals surface area contributed by atoms with E-state index in [0.717, 1.165) is 12.8 Å². The van der Waals surface area contributed by atoms with E-state index in [1.165, 1.54) is 24.3 Å². The molecule has 0 radical (unpaired) electrons. The first kappa shape index (κ1) is 14.6. The summed E-state index contributed by atoms with van der Waals surface area (Å²) in [7, 11) is 0. The summed E-state index contributed by atoms with van der Waals surface area (Å²) >= 11 is 0.